The first-order valence-corrected chi connectivity index (χ1v) is 49.3. The van der Waals surface area contributed by atoms with Gasteiger partial charge in [-0.05, 0) is 143 Å². The molecule has 0 aromatic heterocycles. The number of nitrogens with two attached hydrogens (primary N) is 7. The van der Waals surface area contributed by atoms with E-state index in [0.29, 0.717) is 5.56 Å². The van der Waals surface area contributed by atoms with Gasteiger partial charge in [0.2, 0.25) is 112 Å². The molecule has 144 heavy (non-hydrogen) atoms. The van der Waals surface area contributed by atoms with Crippen molar-refractivity contribution < 1.29 is 116 Å². The number of carboxylic acids is 2. The number of amides is 19. The Balaban J connectivity index is 1.94. The minimum atomic E-state index is -1.85. The highest BCUT2D eigenvalue weighted by Gasteiger charge is 2.46. The fourth-order valence-corrected chi connectivity index (χ4v) is 16.1. The summed E-state index contributed by atoms with van der Waals surface area (Å²) in [7, 11) is 0. The van der Waals surface area contributed by atoms with E-state index >= 15 is 4.79 Å². The quantitative estimate of drug-likeness (QED) is 0.0164. The van der Waals surface area contributed by atoms with Gasteiger partial charge >= 0.3 is 11.9 Å². The van der Waals surface area contributed by atoms with E-state index in [4.69, 9.17) is 56.4 Å². The number of carboxylic acid groups (broad SMARTS) is 2. The predicted molar refractivity (Wildman–Crippen MR) is 526 cm³/mol. The minimum absolute atomic E-state index is 0.00701. The fraction of sp³-hybridized carbons (Fsp3) is 0.667. The van der Waals surface area contributed by atoms with Gasteiger partial charge in [0.1, 0.15) is 96.7 Å². The zero-order chi connectivity index (χ0) is 109. The number of rotatable bonds is 66. The van der Waals surface area contributed by atoms with E-state index in [0.717, 1.165) is 9.80 Å². The SMILES string of the molecule is CSCC[C@H](NC(=O)[C@@H](N)CC(N)=O)C(=O)N[C@@H](CCC(=O)O)C(=O)N[C@H](C(=O)N[C@@H](CO)C(=O)N[C@@H](CC(C)C)C(=O)N[C@H](C(=O)N[C@@H](CCCNC(=N)N)C(=O)N[C@@H](CCCNC(=N)N)C(=O)N[C@H](C(=O)N1CCC[C@H]1C(=O)N[C@@H](CC(N)=O)C(=O)N[C@@H](CC(C)C)C(=O)N1CCC[C@H]1C(=O)N[C@@H](CCC(N)=O)C(=O)N[C@@H](CCCNC(=N)N)C(=O)N[C@@H](Cc1ccccc1)C(=O)O)C(C)C)C(C)C)C(C)C. The van der Waals surface area contributed by atoms with Crippen molar-refractivity contribution in [2.75, 3.05) is 51.3 Å². The van der Waals surface area contributed by atoms with E-state index in [2.05, 4.69) is 90.4 Å². The molecule has 53 nitrogen and oxygen atoms in total. The first-order chi connectivity index (χ1) is 67.6. The summed E-state index contributed by atoms with van der Waals surface area (Å²) in [6.07, 6.45) is -2.41. The number of carbonyl (C=O) groups is 21. The van der Waals surface area contributed by atoms with Crippen molar-refractivity contribution in [2.45, 2.75) is 300 Å². The van der Waals surface area contributed by atoms with Crippen LogP contribution >= 0.6 is 11.8 Å². The fourth-order valence-electron chi connectivity index (χ4n) is 15.7. The first kappa shape index (κ1) is 124. The van der Waals surface area contributed by atoms with Gasteiger partial charge in [-0.15, -0.1) is 0 Å². The summed E-state index contributed by atoms with van der Waals surface area (Å²) in [5.74, 6) is -25.5. The molecule has 1 aromatic rings. The predicted octanol–water partition coefficient (Wildman–Crippen LogP) is -8.11. The lowest BCUT2D eigenvalue weighted by Gasteiger charge is -2.33. The molecular formula is C90H151N29O24S. The highest BCUT2D eigenvalue weighted by atomic mass is 32.2. The topological polar surface area (TPSA) is 884 Å². The van der Waals surface area contributed by atoms with Crippen LogP contribution in [0.2, 0.25) is 0 Å². The standard InChI is InChI=1S/C90H151N29O24S/c1-44(2)38-57(110-80(135)61(43-120)114-84(139)69(47(7)8)115-77(132)55(28-30-67(124)125)107-75(130)56(31-37-144-11)104-71(126)50(91)41-65(93)122)79(134)116-68(46(5)6)83(138)109-52(23-16-33-102-89(97)98)72(127)106-53(24-17-34-103-90(99)100)76(131)117-70(48(9)10)86(141)119-36-19-26-63(119)82(137)111-58(42-66(94)123)78(133)112-59(39-45(3)4)85(140)118-35-18-25-62(118)81(136)108-54(27-29-64(92)121)74(129)105-51(22-15-32-101-88(95)96)73(128)113-60(87(142)143)40-49-20-13-12-14-21-49/h12-14,20-21,44-48,50-63,68-70,120H,15-19,22-43,91H2,1-11H3,(H2,92,121)(H2,93,122)(H2,94,123)(H,104,126)(H,105,129)(H,106,127)(H,107,130)(H,108,136)(H,109,138)(H,110,135)(H,111,137)(H,112,133)(H,113,128)(H,114,139)(H,115,132)(H,116,134)(H,117,131)(H,124,125)(H,142,143)(H4,95,96,101)(H4,97,98,102)(H4,99,100,103)/t50-,51-,52-,53-,54-,55-,56-,57-,58-,59-,60-,61-,62-,63-,68-,69-,70-/m0/s1. The number of guanidine groups is 3. The molecule has 54 heteroatoms. The molecule has 1 aromatic carbocycles. The average Bonchev–Trinajstić information content (AvgIpc) is 1.76. The Morgan fingerprint density at radius 1 is 0.382 bits per heavy atom. The Bertz CT molecular complexity index is 4610. The molecule has 0 unspecified atom stereocenters. The summed E-state index contributed by atoms with van der Waals surface area (Å²) in [4.78, 5) is 294. The van der Waals surface area contributed by atoms with E-state index in [1.54, 1.807) is 78.1 Å². The van der Waals surface area contributed by atoms with Crippen LogP contribution in [-0.2, 0) is 107 Å². The molecule has 0 radical (unpaired) electrons. The van der Waals surface area contributed by atoms with Crippen LogP contribution in [0.25, 0.3) is 0 Å². The summed E-state index contributed by atoms with van der Waals surface area (Å²) in [5, 5.41) is 96.7. The van der Waals surface area contributed by atoms with Gasteiger partial charge in [0, 0.05) is 52.0 Å². The van der Waals surface area contributed by atoms with Crippen molar-refractivity contribution in [3.05, 3.63) is 35.9 Å². The number of nitrogens with zero attached hydrogens (tertiary/aromatic N) is 2. The zero-order valence-corrected chi connectivity index (χ0v) is 84.3. The van der Waals surface area contributed by atoms with Crippen LogP contribution in [0.3, 0.4) is 0 Å². The number of hydrogen-bond acceptors (Lipinski definition) is 27. The normalized spacial score (nSPS) is 16.5. The van der Waals surface area contributed by atoms with Gasteiger partial charge in [-0.1, -0.05) is 99.6 Å². The highest BCUT2D eigenvalue weighted by molar-refractivity contribution is 7.98. The van der Waals surface area contributed by atoms with E-state index in [-0.39, 0.29) is 140 Å². The monoisotopic (exact) mass is 2050 g/mol. The second-order valence-corrected chi connectivity index (χ2v) is 38.3. The lowest BCUT2D eigenvalue weighted by Crippen LogP contribution is -2.62. The van der Waals surface area contributed by atoms with Gasteiger partial charge < -0.3 is 156 Å². The molecule has 0 bridgehead atoms. The number of aliphatic carboxylic acids is 2. The summed E-state index contributed by atoms with van der Waals surface area (Å²) in [6.45, 7) is 14.6. The number of likely N-dealkylation sites (tertiary alicyclic amines) is 2. The summed E-state index contributed by atoms with van der Waals surface area (Å²) in [5.41, 5.74) is 39.4. The molecule has 2 fully saturated rings. The Morgan fingerprint density at radius 3 is 1.12 bits per heavy atom. The molecule has 0 aliphatic carbocycles. The van der Waals surface area contributed by atoms with Gasteiger partial charge in [0.25, 0.3) is 0 Å². The maximum absolute atomic E-state index is 15.1. The van der Waals surface area contributed by atoms with Crippen LogP contribution in [0.4, 0.5) is 0 Å². The van der Waals surface area contributed by atoms with Gasteiger partial charge in [-0.2, -0.15) is 11.8 Å². The number of carbonyl (C=O) groups excluding carboxylic acids is 19. The number of aliphatic hydroxyl groups excluding tert-OH is 1. The lowest BCUT2D eigenvalue weighted by molar-refractivity contribution is -0.144. The molecule has 0 spiro atoms. The maximum atomic E-state index is 15.1. The zero-order valence-electron chi connectivity index (χ0n) is 83.4. The van der Waals surface area contributed by atoms with Crippen molar-refractivity contribution in [3.63, 3.8) is 0 Å². The third-order valence-electron chi connectivity index (χ3n) is 23.3. The minimum Gasteiger partial charge on any atom is -0.481 e. The third kappa shape index (κ3) is 44.8. The number of aliphatic hydroxyl groups is 1. The number of benzene rings is 1. The molecule has 2 aliphatic rings. The van der Waals surface area contributed by atoms with Gasteiger partial charge in [0.15, 0.2) is 17.9 Å². The molecule has 2 aliphatic heterocycles. The van der Waals surface area contributed by atoms with Crippen molar-refractivity contribution in [2.24, 2.45) is 69.7 Å². The molecule has 37 N–H and O–H groups in total. The number of hydrogen-bond donors (Lipinski definition) is 30. The molecule has 17 atom stereocenters. The van der Waals surface area contributed by atoms with Crippen LogP contribution < -0.4 is 131 Å². The van der Waals surface area contributed by atoms with Gasteiger partial charge in [0.05, 0.1) is 25.5 Å². The first-order valence-electron chi connectivity index (χ1n) is 47.9. The number of primary amides is 3. The van der Waals surface area contributed by atoms with Crippen molar-refractivity contribution in [3.8, 4) is 0 Å². The van der Waals surface area contributed by atoms with E-state index in [1.807, 2.05) is 0 Å². The van der Waals surface area contributed by atoms with E-state index in [1.165, 1.54) is 39.5 Å². The van der Waals surface area contributed by atoms with Crippen molar-refractivity contribution >= 4 is 154 Å². The Hall–Kier alpha value is -13.8. The summed E-state index contributed by atoms with van der Waals surface area (Å²) < 4.78 is 0. The highest BCUT2D eigenvalue weighted by Crippen LogP contribution is 2.25. The second-order valence-electron chi connectivity index (χ2n) is 37.3. The van der Waals surface area contributed by atoms with Crippen LogP contribution in [0.1, 0.15) is 197 Å². The van der Waals surface area contributed by atoms with Crippen LogP contribution in [-0.4, -0.2) is 321 Å². The second kappa shape index (κ2) is 63.2. The largest absolute Gasteiger partial charge is 0.481 e. The third-order valence-corrected chi connectivity index (χ3v) is 23.9. The van der Waals surface area contributed by atoms with E-state index in [9.17, 15) is 111 Å². The van der Waals surface area contributed by atoms with Crippen LogP contribution in [0.15, 0.2) is 30.3 Å². The maximum Gasteiger partial charge on any atom is 0.326 e. The number of thioether (sulfide) groups is 1. The molecule has 19 amide bonds. The molecular weight excluding hydrogens is 1900 g/mol. The van der Waals surface area contributed by atoms with Crippen LogP contribution in [0.5, 0.6) is 0 Å². The Morgan fingerprint density at radius 2 is 0.722 bits per heavy atom. The molecule has 0 saturated carbocycles. The van der Waals surface area contributed by atoms with Crippen LogP contribution in [0, 0.1) is 45.8 Å². The Labute approximate surface area is 839 Å². The molecule has 806 valence electrons. The van der Waals surface area contributed by atoms with Crippen molar-refractivity contribution in [1.29, 1.82) is 16.2 Å². The molecule has 2 saturated heterocycles. The lowest BCUT2D eigenvalue weighted by atomic mass is 9.98. The van der Waals surface area contributed by atoms with Gasteiger partial charge in [-0.3, -0.25) is 112 Å². The van der Waals surface area contributed by atoms with E-state index < -0.39 is 308 Å². The Kier molecular flexibility index (Phi) is 54.6. The average molecular weight is 2060 g/mol. The summed E-state index contributed by atoms with van der Waals surface area (Å²) in [6, 6.07) is -17.8. The smallest absolute Gasteiger partial charge is 0.326 e. The number of nitrogens with one attached hydrogen (secondary N) is 20. The molecule has 2 heterocycles. The van der Waals surface area contributed by atoms with Crippen molar-refractivity contribution in [1.82, 2.24) is 100 Å². The van der Waals surface area contributed by atoms with Gasteiger partial charge in [-0.25, -0.2) is 4.79 Å². The summed E-state index contributed by atoms with van der Waals surface area (Å²) >= 11 is 1.29. The molecule has 3 rings (SSSR count).